The van der Waals surface area contributed by atoms with Crippen LogP contribution in [0.4, 0.5) is 0 Å². The second-order valence-electron chi connectivity index (χ2n) is 8.71. The maximum absolute atomic E-state index is 11.6. The molecule has 1 aliphatic rings. The summed E-state index contributed by atoms with van der Waals surface area (Å²) in [4.78, 5) is 18.4. The number of nitrogens with one attached hydrogen (secondary N) is 2. The van der Waals surface area contributed by atoms with Crippen LogP contribution in [0.5, 0.6) is 0 Å². The molecule has 1 aromatic rings. The molecule has 2 N–H and O–H groups in total. The lowest BCUT2D eigenvalue weighted by atomic mass is 9.86. The number of benzene rings is 1. The van der Waals surface area contributed by atoms with Gasteiger partial charge in [-0.3, -0.25) is 9.79 Å². The van der Waals surface area contributed by atoms with Crippen LogP contribution in [-0.2, 0) is 11.2 Å². The number of aliphatic imine (C=N–C) groups is 1. The van der Waals surface area contributed by atoms with Gasteiger partial charge in [-0.15, -0.1) is 24.0 Å². The Morgan fingerprint density at radius 2 is 1.86 bits per heavy atom. The number of hydrogen-bond donors (Lipinski definition) is 2. The predicted octanol–water partition coefficient (Wildman–Crippen LogP) is 4.08. The average Bonchev–Trinajstić information content (AvgIpc) is 2.70. The molecule has 0 bridgehead atoms. The van der Waals surface area contributed by atoms with Crippen molar-refractivity contribution in [2.24, 2.45) is 16.3 Å². The van der Waals surface area contributed by atoms with Gasteiger partial charge in [0, 0.05) is 40.2 Å². The van der Waals surface area contributed by atoms with E-state index in [1.165, 1.54) is 18.4 Å². The molecule has 5 nitrogen and oxygen atoms in total. The summed E-state index contributed by atoms with van der Waals surface area (Å²) in [6.45, 7) is 7.51. The van der Waals surface area contributed by atoms with Crippen molar-refractivity contribution in [3.63, 3.8) is 0 Å². The maximum Gasteiger partial charge on any atom is 0.220 e. The Labute approximate surface area is 194 Å². The molecular formula is C23H39IN4O. The normalized spacial score (nSPS) is 15.6. The minimum atomic E-state index is 0. The molecule has 2 rings (SSSR count). The van der Waals surface area contributed by atoms with Crippen molar-refractivity contribution in [3.8, 4) is 0 Å². The lowest BCUT2D eigenvalue weighted by Crippen LogP contribution is -2.48. The van der Waals surface area contributed by atoms with Crippen molar-refractivity contribution in [2.75, 3.05) is 33.7 Å². The van der Waals surface area contributed by atoms with Gasteiger partial charge in [-0.2, -0.15) is 0 Å². The summed E-state index contributed by atoms with van der Waals surface area (Å²) in [5, 5.41) is 6.32. The molecule has 164 valence electrons. The van der Waals surface area contributed by atoms with Crippen LogP contribution in [0.15, 0.2) is 35.3 Å². The molecule has 1 fully saturated rings. The van der Waals surface area contributed by atoms with E-state index >= 15 is 0 Å². The van der Waals surface area contributed by atoms with Crippen molar-refractivity contribution in [2.45, 2.75) is 52.4 Å². The van der Waals surface area contributed by atoms with Crippen LogP contribution < -0.4 is 10.6 Å². The molecule has 1 aromatic carbocycles. The summed E-state index contributed by atoms with van der Waals surface area (Å²) >= 11 is 0. The summed E-state index contributed by atoms with van der Waals surface area (Å²) in [6.07, 6.45) is 6.26. The summed E-state index contributed by atoms with van der Waals surface area (Å²) < 4.78 is 0. The summed E-state index contributed by atoms with van der Waals surface area (Å²) in [7, 11) is 3.58. The van der Waals surface area contributed by atoms with E-state index in [1.807, 2.05) is 7.05 Å². The smallest absolute Gasteiger partial charge is 0.220 e. The van der Waals surface area contributed by atoms with Crippen molar-refractivity contribution in [3.05, 3.63) is 35.9 Å². The Bertz CT molecular complexity index is 625. The Morgan fingerprint density at radius 1 is 1.21 bits per heavy atom. The molecule has 0 unspecified atom stereocenters. The summed E-state index contributed by atoms with van der Waals surface area (Å²) in [5.74, 6) is 1.64. The van der Waals surface area contributed by atoms with Crippen LogP contribution in [0.1, 0.15) is 51.5 Å². The van der Waals surface area contributed by atoms with Crippen LogP contribution in [0.3, 0.4) is 0 Å². The van der Waals surface area contributed by atoms with Crippen molar-refractivity contribution in [1.29, 1.82) is 0 Å². The van der Waals surface area contributed by atoms with Crippen molar-refractivity contribution >= 4 is 35.8 Å². The zero-order valence-corrected chi connectivity index (χ0v) is 20.9. The fourth-order valence-corrected chi connectivity index (χ4v) is 3.87. The molecule has 29 heavy (non-hydrogen) atoms. The minimum Gasteiger partial charge on any atom is -0.359 e. The van der Waals surface area contributed by atoms with Gasteiger partial charge in [-0.05, 0) is 49.0 Å². The number of carbonyl (C=O) groups is 1. The van der Waals surface area contributed by atoms with Crippen LogP contribution in [-0.4, -0.2) is 50.5 Å². The van der Waals surface area contributed by atoms with E-state index in [2.05, 4.69) is 64.7 Å². The number of aryl methyl sites for hydroxylation is 1. The highest BCUT2D eigenvalue weighted by Gasteiger charge is 2.24. The van der Waals surface area contributed by atoms with Gasteiger partial charge < -0.3 is 15.5 Å². The molecule has 0 radical (unpaired) electrons. The SMILES string of the molecule is CN=C(NCC(C)(C)CCCc1ccccc1)N1CCC(CC(=O)NC)CC1.I. The van der Waals surface area contributed by atoms with Crippen molar-refractivity contribution < 1.29 is 4.79 Å². The summed E-state index contributed by atoms with van der Waals surface area (Å²) in [6, 6.07) is 10.7. The average molecular weight is 514 g/mol. The minimum absolute atomic E-state index is 0. The van der Waals surface area contributed by atoms with Crippen molar-refractivity contribution in [1.82, 2.24) is 15.5 Å². The van der Waals surface area contributed by atoms with Gasteiger partial charge in [0.2, 0.25) is 5.91 Å². The van der Waals surface area contributed by atoms with E-state index in [0.717, 1.165) is 44.9 Å². The van der Waals surface area contributed by atoms with Gasteiger partial charge in [-0.1, -0.05) is 44.2 Å². The highest BCUT2D eigenvalue weighted by molar-refractivity contribution is 14.0. The predicted molar refractivity (Wildman–Crippen MR) is 133 cm³/mol. The quantitative estimate of drug-likeness (QED) is 0.313. The number of carbonyl (C=O) groups excluding carboxylic acids is 1. The third-order valence-electron chi connectivity index (χ3n) is 5.77. The van der Waals surface area contributed by atoms with Gasteiger partial charge in [0.15, 0.2) is 5.96 Å². The van der Waals surface area contributed by atoms with Gasteiger partial charge in [-0.25, -0.2) is 0 Å². The number of amides is 1. The van der Waals surface area contributed by atoms with Crippen LogP contribution in [0.2, 0.25) is 0 Å². The van der Waals surface area contributed by atoms with Crippen LogP contribution in [0, 0.1) is 11.3 Å². The number of hydrogen-bond acceptors (Lipinski definition) is 2. The Kier molecular flexibility index (Phi) is 11.6. The fourth-order valence-electron chi connectivity index (χ4n) is 3.87. The number of likely N-dealkylation sites (tertiary alicyclic amines) is 1. The fraction of sp³-hybridized carbons (Fsp3) is 0.652. The molecule has 0 spiro atoms. The number of piperidine rings is 1. The molecule has 0 aliphatic carbocycles. The van der Waals surface area contributed by atoms with E-state index in [1.54, 1.807) is 7.05 Å². The molecule has 1 heterocycles. The molecule has 1 saturated heterocycles. The number of nitrogens with zero attached hydrogens (tertiary/aromatic N) is 2. The largest absolute Gasteiger partial charge is 0.359 e. The Morgan fingerprint density at radius 3 is 2.45 bits per heavy atom. The molecular weight excluding hydrogens is 475 g/mol. The second kappa shape index (κ2) is 13.1. The van der Waals surface area contributed by atoms with Crippen LogP contribution >= 0.6 is 24.0 Å². The monoisotopic (exact) mass is 514 g/mol. The topological polar surface area (TPSA) is 56.7 Å². The number of rotatable bonds is 8. The first-order chi connectivity index (χ1) is 13.4. The van der Waals surface area contributed by atoms with Gasteiger partial charge in [0.05, 0.1) is 0 Å². The van der Waals surface area contributed by atoms with Crippen LogP contribution in [0.25, 0.3) is 0 Å². The summed E-state index contributed by atoms with van der Waals surface area (Å²) in [5.41, 5.74) is 1.64. The highest BCUT2D eigenvalue weighted by atomic mass is 127. The lowest BCUT2D eigenvalue weighted by molar-refractivity contribution is -0.121. The molecule has 0 aromatic heterocycles. The standard InChI is InChI=1S/C23H38N4O.HI/c1-23(2,14-8-11-19-9-6-5-7-10-19)18-26-22(25-4)27-15-12-20(13-16-27)17-21(28)24-3;/h5-7,9-10,20H,8,11-18H2,1-4H3,(H,24,28)(H,25,26);1H. The van der Waals surface area contributed by atoms with Gasteiger partial charge >= 0.3 is 0 Å². The lowest BCUT2D eigenvalue weighted by Gasteiger charge is -2.35. The number of halogens is 1. The Balaban J connectivity index is 0.00000420. The maximum atomic E-state index is 11.6. The zero-order valence-electron chi connectivity index (χ0n) is 18.5. The van der Waals surface area contributed by atoms with E-state index in [4.69, 9.17) is 0 Å². The van der Waals surface area contributed by atoms with E-state index < -0.39 is 0 Å². The molecule has 0 atom stereocenters. The molecule has 1 aliphatic heterocycles. The van der Waals surface area contributed by atoms with E-state index in [9.17, 15) is 4.79 Å². The Hall–Kier alpha value is -1.31. The first kappa shape index (κ1) is 25.7. The molecule has 6 heteroatoms. The highest BCUT2D eigenvalue weighted by Crippen LogP contribution is 2.24. The molecule has 0 saturated carbocycles. The first-order valence-electron chi connectivity index (χ1n) is 10.6. The number of guanidine groups is 1. The second-order valence-corrected chi connectivity index (χ2v) is 8.71. The first-order valence-corrected chi connectivity index (χ1v) is 10.6. The van der Waals surface area contributed by atoms with Gasteiger partial charge in [0.1, 0.15) is 0 Å². The third-order valence-corrected chi connectivity index (χ3v) is 5.77. The molecule has 1 amide bonds. The van der Waals surface area contributed by atoms with E-state index in [0.29, 0.717) is 12.3 Å². The zero-order chi connectivity index (χ0) is 20.4. The van der Waals surface area contributed by atoms with Gasteiger partial charge in [0.25, 0.3) is 0 Å². The van der Waals surface area contributed by atoms with E-state index in [-0.39, 0.29) is 35.3 Å². The third kappa shape index (κ3) is 9.36.